The Balaban J connectivity index is 3.27. The van der Waals surface area contributed by atoms with Crippen molar-refractivity contribution in [3.05, 3.63) is 0 Å². The topological polar surface area (TPSA) is 70.6 Å². The molecular weight excluding hydrogens is 232 g/mol. The van der Waals surface area contributed by atoms with Crippen LogP contribution in [0.1, 0.15) is 39.5 Å². The summed E-state index contributed by atoms with van der Waals surface area (Å²) < 4.78 is 5.36. The Bertz CT molecular complexity index is 201. The van der Waals surface area contributed by atoms with E-state index in [1.807, 2.05) is 6.92 Å². The van der Waals surface area contributed by atoms with Gasteiger partial charge in [-0.2, -0.15) is 0 Å². The van der Waals surface area contributed by atoms with Crippen LogP contribution in [0.25, 0.3) is 0 Å². The fraction of sp³-hybridized carbons (Fsp3) is 0.923. The van der Waals surface area contributed by atoms with Crippen LogP contribution in [0, 0.1) is 0 Å². The predicted octanol–water partition coefficient (Wildman–Crippen LogP) is 0.670. The highest BCUT2D eigenvalue weighted by atomic mass is 16.5. The van der Waals surface area contributed by atoms with Gasteiger partial charge < -0.3 is 20.5 Å². The summed E-state index contributed by atoms with van der Waals surface area (Å²) in [4.78, 5) is 11.1. The summed E-state index contributed by atoms with van der Waals surface area (Å²) >= 11 is 0. The molecule has 0 saturated heterocycles. The van der Waals surface area contributed by atoms with Gasteiger partial charge in [0.1, 0.15) is 0 Å². The molecule has 0 aliphatic carbocycles. The second-order valence-electron chi connectivity index (χ2n) is 4.37. The molecule has 0 radical (unpaired) electrons. The third-order valence-corrected chi connectivity index (χ3v) is 2.49. The highest BCUT2D eigenvalue weighted by Crippen LogP contribution is 1.99. The largest absolute Gasteiger partial charge is 0.389 e. The van der Waals surface area contributed by atoms with E-state index in [1.165, 1.54) is 19.3 Å². The molecule has 0 aromatic heterocycles. The number of unbranched alkanes of at least 4 members (excludes halogenated alkanes) is 3. The highest BCUT2D eigenvalue weighted by Gasteiger charge is 2.05. The van der Waals surface area contributed by atoms with Gasteiger partial charge in [-0.1, -0.05) is 26.2 Å². The standard InChI is InChI=1S/C13H28N2O3/c1-3-5-6-7-8-18-11-12(16)9-14-10-13(17)15-4-2/h12,14,16H,3-11H2,1-2H3,(H,15,17). The maximum Gasteiger partial charge on any atom is 0.233 e. The molecule has 0 heterocycles. The van der Waals surface area contributed by atoms with Crippen molar-refractivity contribution in [2.75, 3.05) is 32.8 Å². The van der Waals surface area contributed by atoms with Gasteiger partial charge in [0.05, 0.1) is 19.3 Å². The SMILES string of the molecule is CCCCCCOCC(O)CNCC(=O)NCC. The average Bonchev–Trinajstić information content (AvgIpc) is 2.34. The zero-order valence-electron chi connectivity index (χ0n) is 11.7. The number of nitrogens with one attached hydrogen (secondary N) is 2. The van der Waals surface area contributed by atoms with Crippen LogP contribution in [0.4, 0.5) is 0 Å². The maximum atomic E-state index is 11.1. The number of aliphatic hydroxyl groups excluding tert-OH is 1. The quantitative estimate of drug-likeness (QED) is 0.451. The van der Waals surface area contributed by atoms with Crippen molar-refractivity contribution in [1.82, 2.24) is 10.6 Å². The Morgan fingerprint density at radius 3 is 2.72 bits per heavy atom. The molecule has 5 nitrogen and oxygen atoms in total. The van der Waals surface area contributed by atoms with Crippen molar-refractivity contribution < 1.29 is 14.6 Å². The van der Waals surface area contributed by atoms with E-state index in [4.69, 9.17) is 4.74 Å². The van der Waals surface area contributed by atoms with Crippen LogP contribution in [0.2, 0.25) is 0 Å². The minimum absolute atomic E-state index is 0.0508. The van der Waals surface area contributed by atoms with E-state index in [-0.39, 0.29) is 12.5 Å². The van der Waals surface area contributed by atoms with E-state index in [0.29, 0.717) is 26.3 Å². The Morgan fingerprint density at radius 1 is 1.28 bits per heavy atom. The van der Waals surface area contributed by atoms with Gasteiger partial charge in [0.25, 0.3) is 0 Å². The minimum Gasteiger partial charge on any atom is -0.389 e. The molecule has 5 heteroatoms. The number of hydrogen-bond acceptors (Lipinski definition) is 4. The van der Waals surface area contributed by atoms with E-state index in [1.54, 1.807) is 0 Å². The first-order valence-electron chi connectivity index (χ1n) is 6.93. The first-order valence-corrected chi connectivity index (χ1v) is 6.93. The van der Waals surface area contributed by atoms with Gasteiger partial charge in [0, 0.05) is 19.7 Å². The average molecular weight is 260 g/mol. The van der Waals surface area contributed by atoms with Crippen LogP contribution in [0.15, 0.2) is 0 Å². The first-order chi connectivity index (χ1) is 8.70. The second kappa shape index (κ2) is 12.8. The van der Waals surface area contributed by atoms with Crippen molar-refractivity contribution in [2.45, 2.75) is 45.6 Å². The van der Waals surface area contributed by atoms with Crippen LogP contribution in [-0.2, 0) is 9.53 Å². The van der Waals surface area contributed by atoms with E-state index in [9.17, 15) is 9.90 Å². The molecule has 0 rings (SSSR count). The Morgan fingerprint density at radius 2 is 2.06 bits per heavy atom. The lowest BCUT2D eigenvalue weighted by Crippen LogP contribution is -2.38. The summed E-state index contributed by atoms with van der Waals surface area (Å²) in [6, 6.07) is 0. The molecule has 0 bridgehead atoms. The summed E-state index contributed by atoms with van der Waals surface area (Å²) in [7, 11) is 0. The Labute approximate surface area is 110 Å². The first kappa shape index (κ1) is 17.4. The normalized spacial score (nSPS) is 12.4. The fourth-order valence-corrected chi connectivity index (χ4v) is 1.52. The number of likely N-dealkylation sites (N-methyl/N-ethyl adjacent to an activating group) is 1. The Hall–Kier alpha value is -0.650. The maximum absolute atomic E-state index is 11.1. The molecule has 0 aromatic carbocycles. The number of carbonyl (C=O) groups is 1. The molecular formula is C13H28N2O3. The molecule has 0 aliphatic rings. The van der Waals surface area contributed by atoms with Crippen molar-refractivity contribution in [3.8, 4) is 0 Å². The van der Waals surface area contributed by atoms with E-state index >= 15 is 0 Å². The second-order valence-corrected chi connectivity index (χ2v) is 4.37. The van der Waals surface area contributed by atoms with Crippen LogP contribution in [0.3, 0.4) is 0 Å². The molecule has 0 aromatic rings. The summed E-state index contributed by atoms with van der Waals surface area (Å²) in [6.45, 7) is 6.32. The third kappa shape index (κ3) is 11.8. The number of rotatable bonds is 12. The summed E-state index contributed by atoms with van der Waals surface area (Å²) in [5.41, 5.74) is 0. The number of aliphatic hydroxyl groups is 1. The summed E-state index contributed by atoms with van der Waals surface area (Å²) in [5.74, 6) is -0.0508. The molecule has 0 aliphatic heterocycles. The molecule has 0 saturated carbocycles. The Kier molecular flexibility index (Phi) is 12.3. The molecule has 1 unspecified atom stereocenters. The van der Waals surface area contributed by atoms with E-state index in [0.717, 1.165) is 6.42 Å². The van der Waals surface area contributed by atoms with Crippen molar-refractivity contribution in [3.63, 3.8) is 0 Å². The molecule has 0 fully saturated rings. The van der Waals surface area contributed by atoms with Gasteiger partial charge in [-0.3, -0.25) is 4.79 Å². The zero-order chi connectivity index (χ0) is 13.6. The number of amides is 1. The van der Waals surface area contributed by atoms with Gasteiger partial charge in [0.15, 0.2) is 0 Å². The number of ether oxygens (including phenoxy) is 1. The lowest BCUT2D eigenvalue weighted by atomic mass is 10.2. The molecule has 18 heavy (non-hydrogen) atoms. The van der Waals surface area contributed by atoms with Crippen molar-refractivity contribution >= 4 is 5.91 Å². The molecule has 1 atom stereocenters. The van der Waals surface area contributed by atoms with Crippen molar-refractivity contribution in [2.24, 2.45) is 0 Å². The third-order valence-electron chi connectivity index (χ3n) is 2.49. The molecule has 1 amide bonds. The van der Waals surface area contributed by atoms with Crippen LogP contribution >= 0.6 is 0 Å². The molecule has 3 N–H and O–H groups in total. The van der Waals surface area contributed by atoms with Crippen LogP contribution in [0.5, 0.6) is 0 Å². The minimum atomic E-state index is -0.550. The van der Waals surface area contributed by atoms with Gasteiger partial charge in [-0.25, -0.2) is 0 Å². The fourth-order valence-electron chi connectivity index (χ4n) is 1.52. The zero-order valence-corrected chi connectivity index (χ0v) is 11.7. The van der Waals surface area contributed by atoms with Crippen LogP contribution < -0.4 is 10.6 Å². The lowest BCUT2D eigenvalue weighted by molar-refractivity contribution is -0.120. The van der Waals surface area contributed by atoms with Gasteiger partial charge >= 0.3 is 0 Å². The van der Waals surface area contributed by atoms with E-state index in [2.05, 4.69) is 17.6 Å². The highest BCUT2D eigenvalue weighted by molar-refractivity contribution is 5.77. The monoisotopic (exact) mass is 260 g/mol. The number of hydrogen-bond donors (Lipinski definition) is 3. The summed E-state index contributed by atoms with van der Waals surface area (Å²) in [5, 5.41) is 15.1. The molecule has 108 valence electrons. The van der Waals surface area contributed by atoms with Crippen LogP contribution in [-0.4, -0.2) is 50.0 Å². The molecule has 0 spiro atoms. The predicted molar refractivity (Wildman–Crippen MR) is 72.5 cm³/mol. The lowest BCUT2D eigenvalue weighted by Gasteiger charge is -2.12. The smallest absolute Gasteiger partial charge is 0.233 e. The summed E-state index contributed by atoms with van der Waals surface area (Å²) in [6.07, 6.45) is 4.13. The number of carbonyl (C=O) groups excluding carboxylic acids is 1. The van der Waals surface area contributed by atoms with Gasteiger partial charge in [-0.05, 0) is 13.3 Å². The van der Waals surface area contributed by atoms with E-state index < -0.39 is 6.10 Å². The van der Waals surface area contributed by atoms with Gasteiger partial charge in [-0.15, -0.1) is 0 Å². The van der Waals surface area contributed by atoms with Gasteiger partial charge in [0.2, 0.25) is 5.91 Å². The van der Waals surface area contributed by atoms with Crippen molar-refractivity contribution in [1.29, 1.82) is 0 Å².